The number of fused-ring (bicyclic) bond motifs is 1. The summed E-state index contributed by atoms with van der Waals surface area (Å²) in [5, 5.41) is 5.05. The molecule has 0 aliphatic rings. The molecule has 0 spiro atoms. The number of benzene rings is 2. The summed E-state index contributed by atoms with van der Waals surface area (Å²) >= 11 is 0. The molecule has 0 unspecified atom stereocenters. The summed E-state index contributed by atoms with van der Waals surface area (Å²) in [6.07, 6.45) is 0.473. The molecule has 7 nitrogen and oxygen atoms in total. The first-order chi connectivity index (χ1) is 13.6. The number of hydrogen-bond donors (Lipinski definition) is 0. The molecule has 2 heterocycles. The molecule has 0 bridgehead atoms. The monoisotopic (exact) mass is 380 g/mol. The Balaban J connectivity index is 1.63. The van der Waals surface area contributed by atoms with Crippen LogP contribution < -0.4 is 14.2 Å². The van der Waals surface area contributed by atoms with E-state index in [1.54, 1.807) is 21.3 Å². The quantitative estimate of drug-likeness (QED) is 0.490. The third kappa shape index (κ3) is 3.15. The molecule has 0 N–H and O–H groups in total. The molecular formula is C21H20N2O5. The minimum absolute atomic E-state index is 0.420. The second kappa shape index (κ2) is 7.26. The van der Waals surface area contributed by atoms with E-state index in [0.717, 1.165) is 27.8 Å². The van der Waals surface area contributed by atoms with Crippen LogP contribution in [0.3, 0.4) is 0 Å². The van der Waals surface area contributed by atoms with E-state index in [1.807, 2.05) is 43.3 Å². The van der Waals surface area contributed by atoms with Crippen molar-refractivity contribution in [2.45, 2.75) is 13.3 Å². The van der Waals surface area contributed by atoms with E-state index in [-0.39, 0.29) is 0 Å². The number of rotatable bonds is 6. The highest BCUT2D eigenvalue weighted by molar-refractivity contribution is 5.87. The van der Waals surface area contributed by atoms with Crippen LogP contribution in [0.4, 0.5) is 0 Å². The molecule has 2 aromatic carbocycles. The third-order valence-electron chi connectivity index (χ3n) is 4.62. The van der Waals surface area contributed by atoms with Gasteiger partial charge in [-0.3, -0.25) is 0 Å². The smallest absolute Gasteiger partial charge is 0.238 e. The lowest BCUT2D eigenvalue weighted by Gasteiger charge is -2.08. The second-order valence-corrected chi connectivity index (χ2v) is 6.30. The molecule has 0 fully saturated rings. The van der Waals surface area contributed by atoms with Crippen LogP contribution in [-0.2, 0) is 6.42 Å². The Morgan fingerprint density at radius 2 is 1.75 bits per heavy atom. The zero-order chi connectivity index (χ0) is 19.7. The first kappa shape index (κ1) is 17.9. The van der Waals surface area contributed by atoms with Gasteiger partial charge in [-0.25, -0.2) is 0 Å². The standard InChI is InChI=1S/C21H20N2O5/c1-12-15-11-14(24-2)6-8-16(15)27-20(12)21-22-19(28-23-21)10-13-5-7-17(25-3)18(9-13)26-4/h5-9,11H,10H2,1-4H3. The van der Waals surface area contributed by atoms with Crippen molar-refractivity contribution in [3.8, 4) is 28.8 Å². The zero-order valence-corrected chi connectivity index (χ0v) is 16.1. The molecule has 4 rings (SSSR count). The molecule has 144 valence electrons. The van der Waals surface area contributed by atoms with Crippen molar-refractivity contribution in [1.29, 1.82) is 0 Å². The van der Waals surface area contributed by atoms with Crippen molar-refractivity contribution in [3.05, 3.63) is 53.4 Å². The van der Waals surface area contributed by atoms with E-state index >= 15 is 0 Å². The van der Waals surface area contributed by atoms with Crippen LogP contribution in [-0.4, -0.2) is 31.5 Å². The molecule has 4 aromatic rings. The topological polar surface area (TPSA) is 79.8 Å². The van der Waals surface area contributed by atoms with Crippen molar-refractivity contribution in [3.63, 3.8) is 0 Å². The lowest BCUT2D eigenvalue weighted by molar-refractivity contribution is 0.354. The Labute approximate surface area is 161 Å². The molecule has 0 aliphatic carbocycles. The first-order valence-electron chi connectivity index (χ1n) is 8.74. The molecule has 28 heavy (non-hydrogen) atoms. The number of nitrogens with zero attached hydrogens (tertiary/aromatic N) is 2. The Morgan fingerprint density at radius 3 is 2.50 bits per heavy atom. The molecular weight excluding hydrogens is 360 g/mol. The summed E-state index contributed by atoms with van der Waals surface area (Å²) < 4.78 is 27.3. The summed E-state index contributed by atoms with van der Waals surface area (Å²) in [7, 11) is 4.84. The van der Waals surface area contributed by atoms with Gasteiger partial charge in [0.15, 0.2) is 17.3 Å². The van der Waals surface area contributed by atoms with Crippen LogP contribution in [0.5, 0.6) is 17.2 Å². The number of aryl methyl sites for hydroxylation is 1. The van der Waals surface area contributed by atoms with Crippen molar-refractivity contribution in [2.24, 2.45) is 0 Å². The maximum atomic E-state index is 5.94. The fourth-order valence-corrected chi connectivity index (χ4v) is 3.12. The third-order valence-corrected chi connectivity index (χ3v) is 4.62. The molecule has 2 aromatic heterocycles. The van der Waals surface area contributed by atoms with Crippen molar-refractivity contribution < 1.29 is 23.2 Å². The maximum absolute atomic E-state index is 5.94. The Bertz CT molecular complexity index is 1130. The minimum Gasteiger partial charge on any atom is -0.497 e. The predicted molar refractivity (Wildman–Crippen MR) is 103 cm³/mol. The van der Waals surface area contributed by atoms with E-state index in [1.165, 1.54) is 0 Å². The van der Waals surface area contributed by atoms with Gasteiger partial charge in [0.2, 0.25) is 11.7 Å². The average Bonchev–Trinajstić information content (AvgIpc) is 3.31. The lowest BCUT2D eigenvalue weighted by atomic mass is 10.1. The maximum Gasteiger partial charge on any atom is 0.238 e. The van der Waals surface area contributed by atoms with E-state index in [9.17, 15) is 0 Å². The van der Waals surface area contributed by atoms with Crippen LogP contribution >= 0.6 is 0 Å². The van der Waals surface area contributed by atoms with Gasteiger partial charge in [-0.15, -0.1) is 0 Å². The molecule has 0 radical (unpaired) electrons. The van der Waals surface area contributed by atoms with Gasteiger partial charge in [0.05, 0.1) is 27.8 Å². The zero-order valence-electron chi connectivity index (χ0n) is 16.1. The Hall–Kier alpha value is -3.48. The van der Waals surface area contributed by atoms with Crippen molar-refractivity contribution >= 4 is 11.0 Å². The van der Waals surface area contributed by atoms with Crippen molar-refractivity contribution in [2.75, 3.05) is 21.3 Å². The fraction of sp³-hybridized carbons (Fsp3) is 0.238. The summed E-state index contributed by atoms with van der Waals surface area (Å²) in [4.78, 5) is 4.50. The van der Waals surface area contributed by atoms with Crippen LogP contribution in [0.15, 0.2) is 45.3 Å². The summed E-state index contributed by atoms with van der Waals surface area (Å²) in [6, 6.07) is 11.3. The minimum atomic E-state index is 0.420. The van der Waals surface area contributed by atoms with Crippen LogP contribution in [0, 0.1) is 6.92 Å². The predicted octanol–water partition coefficient (Wildman–Crippen LogP) is 4.41. The summed E-state index contributed by atoms with van der Waals surface area (Å²) in [5.74, 6) is 3.59. The SMILES string of the molecule is COc1ccc2oc(-c3noc(Cc4ccc(OC)c(OC)c4)n3)c(C)c2c1. The largest absolute Gasteiger partial charge is 0.497 e. The number of methoxy groups -OCH3 is 3. The van der Waals surface area contributed by atoms with E-state index in [2.05, 4.69) is 10.1 Å². The van der Waals surface area contributed by atoms with Crippen LogP contribution in [0.2, 0.25) is 0 Å². The van der Waals surface area contributed by atoms with Crippen molar-refractivity contribution in [1.82, 2.24) is 10.1 Å². The summed E-state index contributed by atoms with van der Waals surface area (Å²) in [6.45, 7) is 1.96. The Kier molecular flexibility index (Phi) is 4.65. The van der Waals surface area contributed by atoms with Gasteiger partial charge in [-0.2, -0.15) is 4.98 Å². The number of aromatic nitrogens is 2. The van der Waals surface area contributed by atoms with Gasteiger partial charge in [0, 0.05) is 10.9 Å². The molecule has 0 saturated carbocycles. The molecule has 0 saturated heterocycles. The average molecular weight is 380 g/mol. The molecule has 0 atom stereocenters. The lowest BCUT2D eigenvalue weighted by Crippen LogP contribution is -1.94. The molecule has 0 aliphatic heterocycles. The van der Waals surface area contributed by atoms with Gasteiger partial charge in [-0.1, -0.05) is 11.2 Å². The van der Waals surface area contributed by atoms with Gasteiger partial charge in [-0.05, 0) is 42.8 Å². The van der Waals surface area contributed by atoms with Gasteiger partial charge in [0.1, 0.15) is 11.3 Å². The molecule has 0 amide bonds. The van der Waals surface area contributed by atoms with Gasteiger partial charge in [0.25, 0.3) is 0 Å². The normalized spacial score (nSPS) is 11.0. The number of ether oxygens (including phenoxy) is 3. The highest BCUT2D eigenvalue weighted by Gasteiger charge is 2.19. The number of hydrogen-bond acceptors (Lipinski definition) is 7. The van der Waals surface area contributed by atoms with Gasteiger partial charge >= 0.3 is 0 Å². The van der Waals surface area contributed by atoms with Crippen LogP contribution in [0.25, 0.3) is 22.6 Å². The Morgan fingerprint density at radius 1 is 0.929 bits per heavy atom. The van der Waals surface area contributed by atoms with Gasteiger partial charge < -0.3 is 23.2 Å². The first-order valence-corrected chi connectivity index (χ1v) is 8.74. The molecule has 7 heteroatoms. The van der Waals surface area contributed by atoms with Crippen LogP contribution in [0.1, 0.15) is 17.0 Å². The van der Waals surface area contributed by atoms with E-state index in [0.29, 0.717) is 35.4 Å². The number of furan rings is 1. The fourth-order valence-electron chi connectivity index (χ4n) is 3.12. The highest BCUT2D eigenvalue weighted by atomic mass is 16.5. The highest BCUT2D eigenvalue weighted by Crippen LogP contribution is 2.34. The van der Waals surface area contributed by atoms with E-state index in [4.69, 9.17) is 23.2 Å². The summed E-state index contributed by atoms with van der Waals surface area (Å²) in [5.41, 5.74) is 2.66. The second-order valence-electron chi connectivity index (χ2n) is 6.30. The van der Waals surface area contributed by atoms with E-state index < -0.39 is 0 Å².